The molecule has 3 heterocycles. The maximum absolute atomic E-state index is 13.4. The lowest BCUT2D eigenvalue weighted by molar-refractivity contribution is -0.138. The second-order valence-electron chi connectivity index (χ2n) is 8.80. The molecule has 0 aliphatic carbocycles. The molecule has 40 heavy (non-hydrogen) atoms. The van der Waals surface area contributed by atoms with Crippen LogP contribution in [0.1, 0.15) is 34.3 Å². The van der Waals surface area contributed by atoms with Crippen molar-refractivity contribution in [3.63, 3.8) is 0 Å². The van der Waals surface area contributed by atoms with Gasteiger partial charge >= 0.3 is 12.4 Å². The lowest BCUT2D eigenvalue weighted by Gasteiger charge is -2.34. The van der Waals surface area contributed by atoms with E-state index in [-0.39, 0.29) is 43.2 Å². The van der Waals surface area contributed by atoms with Crippen LogP contribution in [0.25, 0.3) is 0 Å². The first-order valence-electron chi connectivity index (χ1n) is 11.6. The normalized spacial score (nSPS) is 15.1. The van der Waals surface area contributed by atoms with E-state index >= 15 is 0 Å². The van der Waals surface area contributed by atoms with Crippen molar-refractivity contribution >= 4 is 27.4 Å². The van der Waals surface area contributed by atoms with Crippen molar-refractivity contribution in [3.05, 3.63) is 71.5 Å². The quantitative estimate of drug-likeness (QED) is 0.407. The Morgan fingerprint density at radius 1 is 0.975 bits per heavy atom. The molecular weight excluding hydrogens is 568 g/mol. The molecule has 0 atom stereocenters. The first-order valence-corrected chi connectivity index (χ1v) is 13.1. The number of nitrogens with two attached hydrogens (primary N) is 1. The summed E-state index contributed by atoms with van der Waals surface area (Å²) in [5.74, 6) is -1.04. The molecule has 3 N–H and O–H groups in total. The smallest absolute Gasteiger partial charge is 0.417 e. The summed E-state index contributed by atoms with van der Waals surface area (Å²) in [7, 11) is -4.21. The van der Waals surface area contributed by atoms with Gasteiger partial charge in [-0.05, 0) is 30.3 Å². The zero-order valence-corrected chi connectivity index (χ0v) is 21.1. The molecule has 214 valence electrons. The number of pyridine rings is 2. The number of nitrogens with zero attached hydrogens (tertiary/aromatic N) is 3. The molecule has 0 spiro atoms. The monoisotopic (exact) mass is 589 g/mol. The number of primary sulfonamides is 1. The fraction of sp³-hybridized carbons (Fsp3) is 0.292. The Morgan fingerprint density at radius 3 is 2.27 bits per heavy atom. The summed E-state index contributed by atoms with van der Waals surface area (Å²) in [6.45, 7) is 0.347. The maximum atomic E-state index is 13.4. The summed E-state index contributed by atoms with van der Waals surface area (Å²) in [4.78, 5) is 22.1. The number of carbonyl (C=O) groups is 1. The number of piperidine rings is 1. The molecule has 0 unspecified atom stereocenters. The zero-order chi connectivity index (χ0) is 29.3. The number of halogens is 6. The van der Waals surface area contributed by atoms with Crippen LogP contribution in [0.3, 0.4) is 0 Å². The van der Waals surface area contributed by atoms with Crippen molar-refractivity contribution in [3.8, 4) is 5.75 Å². The average Bonchev–Trinajstić information content (AvgIpc) is 2.88. The van der Waals surface area contributed by atoms with E-state index in [0.29, 0.717) is 12.3 Å². The molecule has 1 aliphatic rings. The van der Waals surface area contributed by atoms with E-state index in [1.165, 1.54) is 18.2 Å². The van der Waals surface area contributed by atoms with Gasteiger partial charge in [-0.25, -0.2) is 23.5 Å². The number of carbonyl (C=O) groups excluding carboxylic acids is 1. The van der Waals surface area contributed by atoms with Crippen molar-refractivity contribution in [2.24, 2.45) is 5.14 Å². The molecule has 3 aromatic rings. The number of hydrogen-bond donors (Lipinski definition) is 2. The van der Waals surface area contributed by atoms with Gasteiger partial charge in [-0.15, -0.1) is 0 Å². The molecule has 1 fully saturated rings. The lowest BCUT2D eigenvalue weighted by Crippen LogP contribution is -2.39. The Balaban J connectivity index is 1.53. The minimum atomic E-state index is -4.80. The molecule has 1 amide bonds. The Morgan fingerprint density at radius 2 is 1.65 bits per heavy atom. The van der Waals surface area contributed by atoms with E-state index in [9.17, 15) is 39.6 Å². The first-order chi connectivity index (χ1) is 18.6. The van der Waals surface area contributed by atoms with E-state index in [1.54, 1.807) is 4.90 Å². The topological polar surface area (TPSA) is 128 Å². The highest BCUT2D eigenvalue weighted by atomic mass is 32.2. The highest BCUT2D eigenvalue weighted by molar-refractivity contribution is 7.89. The molecule has 1 aliphatic heterocycles. The Labute approximate surface area is 224 Å². The van der Waals surface area contributed by atoms with Crippen LogP contribution in [0.2, 0.25) is 0 Å². The maximum Gasteiger partial charge on any atom is 0.417 e. The summed E-state index contributed by atoms with van der Waals surface area (Å²) in [5.41, 5.74) is -2.55. The number of benzene rings is 1. The van der Waals surface area contributed by atoms with Crippen LogP contribution in [0.4, 0.5) is 37.8 Å². The van der Waals surface area contributed by atoms with Gasteiger partial charge in [0, 0.05) is 50.1 Å². The van der Waals surface area contributed by atoms with Crippen LogP contribution >= 0.6 is 0 Å². The molecule has 0 radical (unpaired) electrons. The predicted molar refractivity (Wildman–Crippen MR) is 130 cm³/mol. The molecule has 0 bridgehead atoms. The van der Waals surface area contributed by atoms with Crippen LogP contribution in [0.5, 0.6) is 5.75 Å². The van der Waals surface area contributed by atoms with Crippen molar-refractivity contribution in [1.82, 2.24) is 9.97 Å². The van der Waals surface area contributed by atoms with Crippen molar-refractivity contribution in [2.75, 3.05) is 23.3 Å². The van der Waals surface area contributed by atoms with Gasteiger partial charge in [-0.1, -0.05) is 6.07 Å². The number of amides is 1. The lowest BCUT2D eigenvalue weighted by atomic mass is 10.1. The summed E-state index contributed by atoms with van der Waals surface area (Å²) in [6.07, 6.45) is -7.63. The average molecular weight is 590 g/mol. The fourth-order valence-electron chi connectivity index (χ4n) is 4.00. The third-order valence-electron chi connectivity index (χ3n) is 5.93. The molecule has 1 saturated heterocycles. The number of ether oxygens (including phenoxy) is 1. The van der Waals surface area contributed by atoms with Gasteiger partial charge in [0.25, 0.3) is 15.9 Å². The summed E-state index contributed by atoms with van der Waals surface area (Å²) in [6, 6.07) is 7.21. The highest BCUT2D eigenvalue weighted by Gasteiger charge is 2.34. The standard InChI is InChI=1S/C24H21F6N5O4S/c25-23(26,27)14-2-1-3-18(10-14)39-17-5-8-35(9-6-17)21-19(11-15(13-33-21)24(28,29)30)22(36)34-16-4-7-32-20(12-16)40(31,37)38/h1-4,7,10-13,17H,5-6,8-9H2,(H2,31,37,38)(H,32,34,36). The summed E-state index contributed by atoms with van der Waals surface area (Å²) >= 11 is 0. The van der Waals surface area contributed by atoms with E-state index < -0.39 is 56.1 Å². The number of alkyl halides is 6. The minimum Gasteiger partial charge on any atom is -0.490 e. The van der Waals surface area contributed by atoms with Crippen LogP contribution in [0.15, 0.2) is 59.9 Å². The number of rotatable bonds is 6. The van der Waals surface area contributed by atoms with Gasteiger partial charge in [0.05, 0.1) is 16.7 Å². The van der Waals surface area contributed by atoms with Crippen molar-refractivity contribution < 1.29 is 44.3 Å². The van der Waals surface area contributed by atoms with Gasteiger partial charge < -0.3 is 15.0 Å². The third-order valence-corrected chi connectivity index (χ3v) is 6.73. The first kappa shape index (κ1) is 29.1. The fourth-order valence-corrected chi connectivity index (χ4v) is 4.50. The van der Waals surface area contributed by atoms with Crippen LogP contribution in [0, 0.1) is 0 Å². The SMILES string of the molecule is NS(=O)(=O)c1cc(NC(=O)c2cc(C(F)(F)F)cnc2N2CCC(Oc3cccc(C(F)(F)F)c3)CC2)ccn1. The van der Waals surface area contributed by atoms with Crippen molar-refractivity contribution in [2.45, 2.75) is 36.3 Å². The summed E-state index contributed by atoms with van der Waals surface area (Å²) < 4.78 is 108. The van der Waals surface area contributed by atoms with Crippen LogP contribution in [-0.4, -0.2) is 43.5 Å². The van der Waals surface area contributed by atoms with E-state index in [2.05, 4.69) is 15.3 Å². The van der Waals surface area contributed by atoms with Crippen molar-refractivity contribution in [1.29, 1.82) is 0 Å². The summed E-state index contributed by atoms with van der Waals surface area (Å²) in [5, 5.41) is 6.82. The van der Waals surface area contributed by atoms with Gasteiger partial charge in [-0.2, -0.15) is 26.3 Å². The zero-order valence-electron chi connectivity index (χ0n) is 20.3. The largest absolute Gasteiger partial charge is 0.490 e. The molecule has 4 rings (SSSR count). The molecule has 2 aromatic heterocycles. The number of nitrogens with one attached hydrogen (secondary N) is 1. The van der Waals surface area contributed by atoms with E-state index in [1.807, 2.05) is 0 Å². The Kier molecular flexibility index (Phi) is 7.94. The van der Waals surface area contributed by atoms with E-state index in [4.69, 9.17) is 9.88 Å². The Hall–Kier alpha value is -3.92. The number of aromatic nitrogens is 2. The molecule has 0 saturated carbocycles. The van der Waals surface area contributed by atoms with Crippen LogP contribution < -0.4 is 20.1 Å². The number of sulfonamides is 1. The Bertz CT molecular complexity index is 1510. The molecule has 1 aromatic carbocycles. The minimum absolute atomic E-state index is 0.0252. The number of hydrogen-bond acceptors (Lipinski definition) is 7. The number of anilines is 2. The van der Waals surface area contributed by atoms with Crippen LogP contribution in [-0.2, 0) is 22.4 Å². The third kappa shape index (κ3) is 6.98. The van der Waals surface area contributed by atoms with Gasteiger partial charge in [0.15, 0.2) is 5.03 Å². The predicted octanol–water partition coefficient (Wildman–Crippen LogP) is 4.46. The van der Waals surface area contributed by atoms with Gasteiger partial charge in [-0.3, -0.25) is 4.79 Å². The molecule has 9 nitrogen and oxygen atoms in total. The van der Waals surface area contributed by atoms with Gasteiger partial charge in [0.2, 0.25) is 0 Å². The van der Waals surface area contributed by atoms with E-state index in [0.717, 1.165) is 24.4 Å². The highest BCUT2D eigenvalue weighted by Crippen LogP contribution is 2.34. The second kappa shape index (κ2) is 10.9. The molecular formula is C24H21F6N5O4S. The molecule has 16 heteroatoms. The second-order valence-corrected chi connectivity index (χ2v) is 10.3. The van der Waals surface area contributed by atoms with Gasteiger partial charge in [0.1, 0.15) is 17.7 Å².